The van der Waals surface area contributed by atoms with Crippen LogP contribution in [0.2, 0.25) is 0 Å². The minimum Gasteiger partial charge on any atom is -0.444 e. The van der Waals surface area contributed by atoms with Crippen LogP contribution in [0.5, 0.6) is 0 Å². The molecule has 1 amide bonds. The minimum absolute atomic E-state index is 0. The lowest BCUT2D eigenvalue weighted by Gasteiger charge is -2.20. The zero-order valence-electron chi connectivity index (χ0n) is 16.4. The lowest BCUT2D eigenvalue weighted by atomic mass is 10.2. The maximum atomic E-state index is 11.6. The van der Waals surface area contributed by atoms with Gasteiger partial charge in [-0.15, -0.1) is 24.0 Å². The zero-order chi connectivity index (χ0) is 18.7. The van der Waals surface area contributed by atoms with Gasteiger partial charge in [-0.2, -0.15) is 5.10 Å². The number of nitrogens with one attached hydrogen (secondary N) is 3. The molecule has 0 aliphatic carbocycles. The van der Waals surface area contributed by atoms with E-state index in [1.165, 1.54) is 0 Å². The second-order valence-electron chi connectivity index (χ2n) is 6.91. The van der Waals surface area contributed by atoms with Crippen LogP contribution >= 0.6 is 24.0 Å². The number of amides is 1. The monoisotopic (exact) mass is 480 g/mol. The third-order valence-electron chi connectivity index (χ3n) is 3.05. The summed E-state index contributed by atoms with van der Waals surface area (Å²) in [4.78, 5) is 16.2. The molecule has 1 rings (SSSR count). The van der Waals surface area contributed by atoms with E-state index in [2.05, 4.69) is 33.0 Å². The summed E-state index contributed by atoms with van der Waals surface area (Å²) >= 11 is 0. The number of carbonyl (C=O) groups excluding carboxylic acids is 1. The molecule has 0 saturated carbocycles. The molecule has 1 heterocycles. The molecule has 0 fully saturated rings. The number of rotatable bonds is 8. The number of guanidine groups is 1. The quantitative estimate of drug-likeness (QED) is 0.230. The van der Waals surface area contributed by atoms with Crippen LogP contribution in [0.1, 0.15) is 34.6 Å². The number of aromatic nitrogens is 2. The van der Waals surface area contributed by atoms with Crippen molar-refractivity contribution in [1.29, 1.82) is 0 Å². The number of carbonyl (C=O) groups is 1. The fourth-order valence-electron chi connectivity index (χ4n) is 2.03. The van der Waals surface area contributed by atoms with Gasteiger partial charge in [-0.25, -0.2) is 4.79 Å². The third-order valence-corrected chi connectivity index (χ3v) is 3.05. The molecule has 1 aromatic heterocycles. The first-order valence-corrected chi connectivity index (χ1v) is 8.76. The first-order valence-electron chi connectivity index (χ1n) is 8.76. The van der Waals surface area contributed by atoms with Crippen molar-refractivity contribution in [3.63, 3.8) is 0 Å². The molecule has 1 aromatic rings. The molecule has 8 nitrogen and oxygen atoms in total. The Kier molecular flexibility index (Phi) is 12.0. The Labute approximate surface area is 173 Å². The molecule has 0 spiro atoms. The van der Waals surface area contributed by atoms with E-state index >= 15 is 0 Å². The Morgan fingerprint density at radius 2 is 1.96 bits per heavy atom. The zero-order valence-corrected chi connectivity index (χ0v) is 18.7. The Bertz CT molecular complexity index is 528. The molecule has 150 valence electrons. The summed E-state index contributed by atoms with van der Waals surface area (Å²) in [5, 5.41) is 13.3. The van der Waals surface area contributed by atoms with E-state index in [1.807, 2.05) is 44.6 Å². The Morgan fingerprint density at radius 3 is 2.54 bits per heavy atom. The predicted molar refractivity (Wildman–Crippen MR) is 115 cm³/mol. The van der Waals surface area contributed by atoms with Gasteiger partial charge in [0.25, 0.3) is 0 Å². The fourth-order valence-corrected chi connectivity index (χ4v) is 2.03. The van der Waals surface area contributed by atoms with Crippen molar-refractivity contribution in [3.8, 4) is 0 Å². The highest BCUT2D eigenvalue weighted by molar-refractivity contribution is 14.0. The highest BCUT2D eigenvalue weighted by Crippen LogP contribution is 2.06. The maximum absolute atomic E-state index is 11.6. The van der Waals surface area contributed by atoms with Gasteiger partial charge in [0.2, 0.25) is 0 Å². The van der Waals surface area contributed by atoms with Gasteiger partial charge in [-0.1, -0.05) is 6.92 Å². The average Bonchev–Trinajstić information content (AvgIpc) is 3.00. The van der Waals surface area contributed by atoms with Gasteiger partial charge >= 0.3 is 6.09 Å². The summed E-state index contributed by atoms with van der Waals surface area (Å²) in [5.74, 6) is 1.11. The number of halogens is 1. The second-order valence-corrected chi connectivity index (χ2v) is 6.91. The highest BCUT2D eigenvalue weighted by Gasteiger charge is 2.15. The van der Waals surface area contributed by atoms with Gasteiger partial charge in [0.05, 0.1) is 0 Å². The number of alkyl carbamates (subject to hydrolysis) is 1. The van der Waals surface area contributed by atoms with E-state index in [0.29, 0.717) is 25.6 Å². The number of hydrogen-bond acceptors (Lipinski definition) is 4. The molecular formula is C17H33IN6O2. The number of nitrogens with zero attached hydrogens (tertiary/aromatic N) is 3. The normalized spacial score (nSPS) is 12.7. The Morgan fingerprint density at radius 1 is 1.27 bits per heavy atom. The Hall–Kier alpha value is -1.52. The summed E-state index contributed by atoms with van der Waals surface area (Å²) in [7, 11) is 0. The molecule has 9 heteroatoms. The smallest absolute Gasteiger partial charge is 0.407 e. The molecule has 0 aliphatic rings. The van der Waals surface area contributed by atoms with Crippen LogP contribution in [0.25, 0.3) is 0 Å². The van der Waals surface area contributed by atoms with Gasteiger partial charge in [-0.05, 0) is 39.7 Å². The van der Waals surface area contributed by atoms with Crippen molar-refractivity contribution in [2.75, 3.05) is 26.2 Å². The van der Waals surface area contributed by atoms with E-state index in [4.69, 9.17) is 4.74 Å². The topological polar surface area (TPSA) is 92.6 Å². The fraction of sp³-hybridized carbons (Fsp3) is 0.706. The maximum Gasteiger partial charge on any atom is 0.407 e. The second kappa shape index (κ2) is 12.8. The molecule has 0 radical (unpaired) electrons. The van der Waals surface area contributed by atoms with Crippen molar-refractivity contribution in [1.82, 2.24) is 25.7 Å². The summed E-state index contributed by atoms with van der Waals surface area (Å²) in [6, 6.07) is 1.92. The summed E-state index contributed by atoms with van der Waals surface area (Å²) < 4.78 is 7.10. The van der Waals surface area contributed by atoms with Gasteiger partial charge < -0.3 is 20.7 Å². The number of aliphatic imine (C=N–C) groups is 1. The van der Waals surface area contributed by atoms with Gasteiger partial charge in [0.15, 0.2) is 5.96 Å². The van der Waals surface area contributed by atoms with Crippen molar-refractivity contribution in [3.05, 3.63) is 18.5 Å². The lowest BCUT2D eigenvalue weighted by molar-refractivity contribution is 0.0529. The molecule has 0 aliphatic heterocycles. The van der Waals surface area contributed by atoms with Crippen molar-refractivity contribution in [2.24, 2.45) is 10.9 Å². The van der Waals surface area contributed by atoms with Gasteiger partial charge in [-0.3, -0.25) is 9.67 Å². The molecule has 0 bridgehead atoms. The number of ether oxygens (including phenoxy) is 1. The van der Waals surface area contributed by atoms with E-state index in [9.17, 15) is 4.79 Å². The van der Waals surface area contributed by atoms with Crippen LogP contribution in [-0.2, 0) is 11.3 Å². The number of hydrogen-bond donors (Lipinski definition) is 3. The molecule has 3 N–H and O–H groups in total. The first kappa shape index (κ1) is 24.5. The molecule has 1 atom stereocenters. The van der Waals surface area contributed by atoms with Crippen LogP contribution in [0.15, 0.2) is 23.5 Å². The standard InChI is InChI=1S/C17H32N6O2.HI/c1-6-18-15(19-9-10-20-16(24)25-17(3,4)5)21-12-14(2)13-23-11-7-8-22-23;/h7-8,11,14H,6,9-10,12-13H2,1-5H3,(H,20,24)(H2,18,19,21);1H. The van der Waals surface area contributed by atoms with Gasteiger partial charge in [0, 0.05) is 45.1 Å². The minimum atomic E-state index is -0.487. The van der Waals surface area contributed by atoms with E-state index in [0.717, 1.165) is 19.0 Å². The van der Waals surface area contributed by atoms with Crippen molar-refractivity contribution < 1.29 is 9.53 Å². The van der Waals surface area contributed by atoms with Crippen LogP contribution in [-0.4, -0.2) is 53.6 Å². The molecule has 0 saturated heterocycles. The third kappa shape index (κ3) is 11.9. The Balaban J connectivity index is 0.00000625. The summed E-state index contributed by atoms with van der Waals surface area (Å²) in [6.45, 7) is 13.0. The summed E-state index contributed by atoms with van der Waals surface area (Å²) in [6.07, 6.45) is 3.31. The van der Waals surface area contributed by atoms with Crippen LogP contribution in [0.3, 0.4) is 0 Å². The SMILES string of the molecule is CCNC(=NCC(C)Cn1cccn1)NCCNC(=O)OC(C)(C)C.I. The van der Waals surface area contributed by atoms with Crippen molar-refractivity contribution >= 4 is 36.0 Å². The van der Waals surface area contributed by atoms with E-state index in [-0.39, 0.29) is 24.0 Å². The molecule has 26 heavy (non-hydrogen) atoms. The van der Waals surface area contributed by atoms with Crippen molar-refractivity contribution in [2.45, 2.75) is 46.8 Å². The molecule has 0 aromatic carbocycles. The van der Waals surface area contributed by atoms with Crippen LogP contribution in [0, 0.1) is 5.92 Å². The molecular weight excluding hydrogens is 447 g/mol. The molecule has 1 unspecified atom stereocenters. The van der Waals surface area contributed by atoms with E-state index in [1.54, 1.807) is 6.20 Å². The van der Waals surface area contributed by atoms with Crippen LogP contribution < -0.4 is 16.0 Å². The largest absolute Gasteiger partial charge is 0.444 e. The lowest BCUT2D eigenvalue weighted by Crippen LogP contribution is -2.42. The highest BCUT2D eigenvalue weighted by atomic mass is 127. The predicted octanol–water partition coefficient (Wildman–Crippen LogP) is 2.22. The average molecular weight is 480 g/mol. The summed E-state index contributed by atoms with van der Waals surface area (Å²) in [5.41, 5.74) is -0.487. The van der Waals surface area contributed by atoms with Gasteiger partial charge in [0.1, 0.15) is 5.60 Å². The van der Waals surface area contributed by atoms with Crippen LogP contribution in [0.4, 0.5) is 4.79 Å². The first-order chi connectivity index (χ1) is 11.8. The van der Waals surface area contributed by atoms with E-state index < -0.39 is 11.7 Å².